The van der Waals surface area contributed by atoms with Crippen LogP contribution in [0.1, 0.15) is 21.6 Å². The number of ether oxygens (including phenoxy) is 2. The molecule has 6 nitrogen and oxygen atoms in total. The zero-order chi connectivity index (χ0) is 18.7. The highest BCUT2D eigenvalue weighted by molar-refractivity contribution is 6.06. The van der Waals surface area contributed by atoms with E-state index in [9.17, 15) is 4.79 Å². The fourth-order valence-corrected chi connectivity index (χ4v) is 2.82. The number of aromatic nitrogens is 2. The SMILES string of the molecule is COc1cccc(C(=O)Nc2cc(C)nn2-c2ccccc2C)c1OC. The number of aryl methyl sites for hydroxylation is 2. The summed E-state index contributed by atoms with van der Waals surface area (Å²) in [5.74, 6) is 1.19. The maximum atomic E-state index is 12.9. The minimum Gasteiger partial charge on any atom is -0.493 e. The van der Waals surface area contributed by atoms with Crippen molar-refractivity contribution in [2.45, 2.75) is 13.8 Å². The number of benzene rings is 2. The van der Waals surface area contributed by atoms with E-state index in [2.05, 4.69) is 10.4 Å². The summed E-state index contributed by atoms with van der Waals surface area (Å²) in [5.41, 5.74) is 3.17. The van der Waals surface area contributed by atoms with E-state index < -0.39 is 0 Å². The van der Waals surface area contributed by atoms with Crippen molar-refractivity contribution in [1.29, 1.82) is 0 Å². The van der Waals surface area contributed by atoms with E-state index in [0.29, 0.717) is 22.9 Å². The van der Waals surface area contributed by atoms with Crippen molar-refractivity contribution in [1.82, 2.24) is 9.78 Å². The van der Waals surface area contributed by atoms with E-state index in [4.69, 9.17) is 9.47 Å². The van der Waals surface area contributed by atoms with Gasteiger partial charge in [-0.15, -0.1) is 0 Å². The summed E-state index contributed by atoms with van der Waals surface area (Å²) in [7, 11) is 3.05. The summed E-state index contributed by atoms with van der Waals surface area (Å²) in [6, 6.07) is 14.9. The normalized spacial score (nSPS) is 10.5. The zero-order valence-corrected chi connectivity index (χ0v) is 15.2. The third kappa shape index (κ3) is 3.26. The molecule has 1 aromatic heterocycles. The summed E-state index contributed by atoms with van der Waals surface area (Å²) in [5, 5.41) is 7.44. The molecule has 0 saturated carbocycles. The smallest absolute Gasteiger partial charge is 0.260 e. The van der Waals surface area contributed by atoms with E-state index in [0.717, 1.165) is 16.9 Å². The molecule has 0 radical (unpaired) electrons. The van der Waals surface area contributed by atoms with Crippen molar-refractivity contribution in [3.63, 3.8) is 0 Å². The molecule has 1 heterocycles. The van der Waals surface area contributed by atoms with Crippen LogP contribution in [-0.4, -0.2) is 29.9 Å². The number of hydrogen-bond donors (Lipinski definition) is 1. The van der Waals surface area contributed by atoms with Crippen LogP contribution in [0.2, 0.25) is 0 Å². The number of carbonyl (C=O) groups excluding carboxylic acids is 1. The Morgan fingerprint density at radius 1 is 1.04 bits per heavy atom. The first-order valence-electron chi connectivity index (χ1n) is 8.20. The highest BCUT2D eigenvalue weighted by Crippen LogP contribution is 2.31. The van der Waals surface area contributed by atoms with E-state index in [1.165, 1.54) is 14.2 Å². The van der Waals surface area contributed by atoms with Crippen molar-refractivity contribution in [3.8, 4) is 17.2 Å². The van der Waals surface area contributed by atoms with Gasteiger partial charge in [0.15, 0.2) is 11.5 Å². The van der Waals surface area contributed by atoms with E-state index in [-0.39, 0.29) is 5.91 Å². The summed E-state index contributed by atoms with van der Waals surface area (Å²) in [6.07, 6.45) is 0. The van der Waals surface area contributed by atoms with Crippen molar-refractivity contribution >= 4 is 11.7 Å². The number of para-hydroxylation sites is 2. The quantitative estimate of drug-likeness (QED) is 0.760. The van der Waals surface area contributed by atoms with Gasteiger partial charge in [0.2, 0.25) is 0 Å². The lowest BCUT2D eigenvalue weighted by Gasteiger charge is -2.14. The molecule has 6 heteroatoms. The first-order chi connectivity index (χ1) is 12.5. The van der Waals surface area contributed by atoms with Crippen LogP contribution >= 0.6 is 0 Å². The topological polar surface area (TPSA) is 65.4 Å². The molecule has 0 fully saturated rings. The molecule has 3 rings (SSSR count). The first kappa shape index (κ1) is 17.5. The summed E-state index contributed by atoms with van der Waals surface area (Å²) in [4.78, 5) is 12.9. The number of carbonyl (C=O) groups is 1. The minimum absolute atomic E-state index is 0.296. The van der Waals surface area contributed by atoms with Crippen LogP contribution in [0.25, 0.3) is 5.69 Å². The second-order valence-corrected chi connectivity index (χ2v) is 5.86. The number of hydrogen-bond acceptors (Lipinski definition) is 4. The van der Waals surface area contributed by atoms with Crippen molar-refractivity contribution in [2.24, 2.45) is 0 Å². The largest absolute Gasteiger partial charge is 0.493 e. The Bertz CT molecular complexity index is 947. The molecule has 1 amide bonds. The van der Waals surface area contributed by atoms with Gasteiger partial charge in [-0.2, -0.15) is 5.10 Å². The molecule has 0 aliphatic heterocycles. The molecule has 1 N–H and O–H groups in total. The second kappa shape index (κ2) is 7.31. The van der Waals surface area contributed by atoms with E-state index >= 15 is 0 Å². The molecule has 0 spiro atoms. The van der Waals surface area contributed by atoms with Gasteiger partial charge in [0.1, 0.15) is 5.82 Å². The molecule has 0 saturated heterocycles. The molecular weight excluding hydrogens is 330 g/mol. The number of rotatable bonds is 5. The number of nitrogens with one attached hydrogen (secondary N) is 1. The van der Waals surface area contributed by atoms with Crippen LogP contribution in [0.3, 0.4) is 0 Å². The fourth-order valence-electron chi connectivity index (χ4n) is 2.82. The van der Waals surface area contributed by atoms with Gasteiger partial charge >= 0.3 is 0 Å². The van der Waals surface area contributed by atoms with Crippen molar-refractivity contribution in [2.75, 3.05) is 19.5 Å². The van der Waals surface area contributed by atoms with Gasteiger partial charge in [0.25, 0.3) is 5.91 Å². The Morgan fingerprint density at radius 3 is 2.50 bits per heavy atom. The molecule has 0 aliphatic carbocycles. The summed E-state index contributed by atoms with van der Waals surface area (Å²) >= 11 is 0. The Balaban J connectivity index is 1.98. The molecule has 26 heavy (non-hydrogen) atoms. The Kier molecular flexibility index (Phi) is 4.93. The van der Waals surface area contributed by atoms with Crippen LogP contribution in [0.4, 0.5) is 5.82 Å². The minimum atomic E-state index is -0.296. The van der Waals surface area contributed by atoms with Gasteiger partial charge in [-0.1, -0.05) is 24.3 Å². The standard InChI is InChI=1S/C20H21N3O3/c1-13-8-5-6-10-16(13)23-18(12-14(2)22-23)21-20(24)15-9-7-11-17(25-3)19(15)26-4/h5-12H,1-4H3,(H,21,24). The van der Waals surface area contributed by atoms with Crippen LogP contribution in [0.5, 0.6) is 11.5 Å². The molecule has 0 unspecified atom stereocenters. The highest BCUT2D eigenvalue weighted by atomic mass is 16.5. The monoisotopic (exact) mass is 351 g/mol. The number of methoxy groups -OCH3 is 2. The fraction of sp³-hybridized carbons (Fsp3) is 0.200. The van der Waals surface area contributed by atoms with E-state index in [1.54, 1.807) is 22.9 Å². The number of amides is 1. The molecule has 2 aromatic carbocycles. The average Bonchev–Trinajstić information content (AvgIpc) is 3.01. The zero-order valence-electron chi connectivity index (χ0n) is 15.2. The van der Waals surface area contributed by atoms with Crippen molar-refractivity contribution in [3.05, 3.63) is 65.4 Å². The Labute approximate surface area is 152 Å². The Hall–Kier alpha value is -3.28. The first-order valence-corrected chi connectivity index (χ1v) is 8.20. The lowest BCUT2D eigenvalue weighted by molar-refractivity contribution is 0.102. The van der Waals surface area contributed by atoms with Gasteiger partial charge in [0, 0.05) is 6.07 Å². The molecule has 134 valence electrons. The number of anilines is 1. The number of nitrogens with zero attached hydrogens (tertiary/aromatic N) is 2. The molecular formula is C20H21N3O3. The lowest BCUT2D eigenvalue weighted by Crippen LogP contribution is -2.16. The van der Waals surface area contributed by atoms with Crippen molar-refractivity contribution < 1.29 is 14.3 Å². The van der Waals surface area contributed by atoms with Crippen LogP contribution < -0.4 is 14.8 Å². The third-order valence-corrected chi connectivity index (χ3v) is 4.06. The summed E-state index contributed by atoms with van der Waals surface area (Å²) in [6.45, 7) is 3.89. The molecule has 0 aliphatic rings. The predicted octanol–water partition coefficient (Wildman–Crippen LogP) is 3.76. The molecule has 0 atom stereocenters. The average molecular weight is 351 g/mol. The van der Waals surface area contributed by atoms with Gasteiger partial charge in [0.05, 0.1) is 31.2 Å². The van der Waals surface area contributed by atoms with Gasteiger partial charge in [-0.3, -0.25) is 4.79 Å². The van der Waals surface area contributed by atoms with Crippen LogP contribution in [0, 0.1) is 13.8 Å². The summed E-state index contributed by atoms with van der Waals surface area (Å²) < 4.78 is 12.4. The maximum absolute atomic E-state index is 12.9. The lowest BCUT2D eigenvalue weighted by atomic mass is 10.1. The van der Waals surface area contributed by atoms with Crippen LogP contribution in [0.15, 0.2) is 48.5 Å². The van der Waals surface area contributed by atoms with E-state index in [1.807, 2.05) is 44.2 Å². The predicted molar refractivity (Wildman–Crippen MR) is 101 cm³/mol. The van der Waals surface area contributed by atoms with Crippen LogP contribution in [-0.2, 0) is 0 Å². The maximum Gasteiger partial charge on any atom is 0.260 e. The molecule has 3 aromatic rings. The second-order valence-electron chi connectivity index (χ2n) is 5.86. The Morgan fingerprint density at radius 2 is 1.81 bits per heavy atom. The van der Waals surface area contributed by atoms with Gasteiger partial charge in [-0.05, 0) is 37.6 Å². The van der Waals surface area contributed by atoms with Gasteiger partial charge < -0.3 is 14.8 Å². The highest BCUT2D eigenvalue weighted by Gasteiger charge is 2.19. The van der Waals surface area contributed by atoms with Gasteiger partial charge in [-0.25, -0.2) is 4.68 Å². The third-order valence-electron chi connectivity index (χ3n) is 4.06. The molecule has 0 bridgehead atoms.